The van der Waals surface area contributed by atoms with Crippen molar-refractivity contribution >= 4 is 29.1 Å². The number of benzene rings is 1. The predicted molar refractivity (Wildman–Crippen MR) is 88.6 cm³/mol. The summed E-state index contributed by atoms with van der Waals surface area (Å²) in [5, 5.41) is 15.0. The maximum Gasteiger partial charge on any atom is 0.354 e. The molecule has 24 heavy (non-hydrogen) atoms. The number of hydrogen-bond acceptors (Lipinski definition) is 6. The van der Waals surface area contributed by atoms with E-state index in [0.717, 1.165) is 5.69 Å². The predicted octanol–water partition coefficient (Wildman–Crippen LogP) is 1.55. The summed E-state index contributed by atoms with van der Waals surface area (Å²) in [6.45, 7) is 1.99. The number of hydrogen-bond donors (Lipinski definition) is 2. The van der Waals surface area contributed by atoms with Crippen LogP contribution in [0, 0.1) is 0 Å². The Morgan fingerprint density at radius 1 is 1.33 bits per heavy atom. The van der Waals surface area contributed by atoms with Crippen molar-refractivity contribution in [1.29, 1.82) is 0 Å². The van der Waals surface area contributed by atoms with Gasteiger partial charge in [0, 0.05) is 12.5 Å². The molecule has 1 aliphatic rings. The van der Waals surface area contributed by atoms with E-state index in [9.17, 15) is 9.59 Å². The molecule has 3 rings (SSSR count). The highest BCUT2D eigenvalue weighted by molar-refractivity contribution is 6.38. The van der Waals surface area contributed by atoms with Gasteiger partial charge in [-0.1, -0.05) is 18.2 Å². The highest BCUT2D eigenvalue weighted by Crippen LogP contribution is 2.25. The van der Waals surface area contributed by atoms with E-state index < -0.39 is 12.0 Å². The number of anilines is 2. The smallest absolute Gasteiger partial charge is 0.354 e. The first-order chi connectivity index (χ1) is 11.7. The number of aromatic nitrogens is 2. The second kappa shape index (κ2) is 6.95. The Morgan fingerprint density at radius 3 is 2.79 bits per heavy atom. The van der Waals surface area contributed by atoms with Gasteiger partial charge in [0.25, 0.3) is 5.91 Å². The zero-order valence-electron chi connectivity index (χ0n) is 13.1. The van der Waals surface area contributed by atoms with Crippen molar-refractivity contribution in [2.75, 3.05) is 16.9 Å². The average molecular weight is 327 g/mol. The van der Waals surface area contributed by atoms with Crippen LogP contribution in [0.25, 0.3) is 0 Å². The summed E-state index contributed by atoms with van der Waals surface area (Å²) in [5.74, 6) is -0.306. The Kier molecular flexibility index (Phi) is 4.55. The van der Waals surface area contributed by atoms with Crippen molar-refractivity contribution in [3.8, 4) is 0 Å². The summed E-state index contributed by atoms with van der Waals surface area (Å²) < 4.78 is 5.00. The van der Waals surface area contributed by atoms with Crippen molar-refractivity contribution in [3.05, 3.63) is 42.6 Å². The van der Waals surface area contributed by atoms with E-state index in [1.807, 2.05) is 30.3 Å². The lowest BCUT2D eigenvalue weighted by Crippen LogP contribution is -2.38. The molecule has 0 radical (unpaired) electrons. The van der Waals surface area contributed by atoms with Crippen molar-refractivity contribution in [1.82, 2.24) is 10.2 Å². The summed E-state index contributed by atoms with van der Waals surface area (Å²) >= 11 is 0. The number of ether oxygens (including phenoxy) is 1. The number of carbonyl (C=O) groups is 2. The molecule has 2 aromatic rings. The van der Waals surface area contributed by atoms with E-state index >= 15 is 0 Å². The number of amides is 1. The third-order valence-electron chi connectivity index (χ3n) is 3.50. The van der Waals surface area contributed by atoms with Gasteiger partial charge in [-0.15, -0.1) is 0 Å². The van der Waals surface area contributed by atoms with Gasteiger partial charge in [-0.05, 0) is 19.1 Å². The summed E-state index contributed by atoms with van der Waals surface area (Å²) in [4.78, 5) is 24.6. The van der Waals surface area contributed by atoms with Crippen LogP contribution in [0.4, 0.5) is 11.5 Å². The van der Waals surface area contributed by atoms with Crippen LogP contribution in [-0.4, -0.2) is 40.4 Å². The third kappa shape index (κ3) is 3.27. The Balaban J connectivity index is 1.84. The molecule has 1 aliphatic heterocycles. The minimum atomic E-state index is -0.643. The van der Waals surface area contributed by atoms with Gasteiger partial charge in [-0.3, -0.25) is 14.9 Å². The van der Waals surface area contributed by atoms with Crippen LogP contribution < -0.4 is 10.3 Å². The Labute approximate surface area is 138 Å². The van der Waals surface area contributed by atoms with E-state index in [0.29, 0.717) is 5.82 Å². The van der Waals surface area contributed by atoms with E-state index in [1.165, 1.54) is 5.01 Å². The fraction of sp³-hybridized carbons (Fsp3) is 0.250. The molecule has 0 fully saturated rings. The van der Waals surface area contributed by atoms with Gasteiger partial charge in [0.2, 0.25) is 0 Å². The standard InChI is InChI=1S/C16H17N5O3/c1-2-24-16(23)12-10-13(15(22)18-14-8-9-17-19-14)21(20-12)11-6-4-3-5-7-11/h3-9,13H,2,10H2,1H3,(H2,17,18,19,22). The first-order valence-electron chi connectivity index (χ1n) is 7.58. The summed E-state index contributed by atoms with van der Waals surface area (Å²) in [6.07, 6.45) is 1.72. The second-order valence-electron chi connectivity index (χ2n) is 5.13. The summed E-state index contributed by atoms with van der Waals surface area (Å²) in [7, 11) is 0. The van der Waals surface area contributed by atoms with Crippen LogP contribution in [0.15, 0.2) is 47.7 Å². The fourth-order valence-corrected chi connectivity index (χ4v) is 2.41. The van der Waals surface area contributed by atoms with Gasteiger partial charge in [0.15, 0.2) is 0 Å². The zero-order valence-corrected chi connectivity index (χ0v) is 13.1. The molecule has 1 atom stereocenters. The van der Waals surface area contributed by atoms with Crippen molar-refractivity contribution in [2.45, 2.75) is 19.4 Å². The minimum Gasteiger partial charge on any atom is -0.461 e. The highest BCUT2D eigenvalue weighted by Gasteiger charge is 2.36. The lowest BCUT2D eigenvalue weighted by molar-refractivity contribution is -0.135. The first-order valence-corrected chi connectivity index (χ1v) is 7.58. The normalized spacial score (nSPS) is 16.6. The van der Waals surface area contributed by atoms with Gasteiger partial charge in [0.1, 0.15) is 17.6 Å². The molecular formula is C16H17N5O3. The lowest BCUT2D eigenvalue weighted by atomic mass is 10.1. The first kappa shape index (κ1) is 15.7. The third-order valence-corrected chi connectivity index (χ3v) is 3.50. The molecule has 124 valence electrons. The van der Waals surface area contributed by atoms with Gasteiger partial charge in [-0.25, -0.2) is 4.79 Å². The van der Waals surface area contributed by atoms with E-state index in [1.54, 1.807) is 19.2 Å². The number of aromatic amines is 1. The van der Waals surface area contributed by atoms with E-state index in [2.05, 4.69) is 20.6 Å². The number of carbonyl (C=O) groups excluding carboxylic acids is 2. The zero-order chi connectivity index (χ0) is 16.9. The monoisotopic (exact) mass is 327 g/mol. The number of para-hydroxylation sites is 1. The molecule has 0 aliphatic carbocycles. The number of nitrogens with one attached hydrogen (secondary N) is 2. The molecule has 0 saturated heterocycles. The van der Waals surface area contributed by atoms with Gasteiger partial charge >= 0.3 is 5.97 Å². The molecule has 2 heterocycles. The maximum atomic E-state index is 12.6. The molecule has 0 spiro atoms. The molecule has 1 aromatic carbocycles. The molecule has 0 bridgehead atoms. The average Bonchev–Trinajstić information content (AvgIpc) is 3.25. The number of esters is 1. The largest absolute Gasteiger partial charge is 0.461 e. The van der Waals surface area contributed by atoms with Gasteiger partial charge in [0.05, 0.1) is 18.5 Å². The fourth-order valence-electron chi connectivity index (χ4n) is 2.41. The van der Waals surface area contributed by atoms with Crippen LogP contribution in [0.3, 0.4) is 0 Å². The summed E-state index contributed by atoms with van der Waals surface area (Å²) in [5.41, 5.74) is 0.951. The maximum absolute atomic E-state index is 12.6. The Hall–Kier alpha value is -3.16. The Morgan fingerprint density at radius 2 is 2.12 bits per heavy atom. The summed E-state index contributed by atoms with van der Waals surface area (Å²) in [6, 6.07) is 10.2. The lowest BCUT2D eigenvalue weighted by Gasteiger charge is -2.22. The second-order valence-corrected chi connectivity index (χ2v) is 5.13. The number of hydrazone groups is 1. The highest BCUT2D eigenvalue weighted by atomic mass is 16.5. The van der Waals surface area contributed by atoms with Crippen LogP contribution >= 0.6 is 0 Å². The molecule has 1 unspecified atom stereocenters. The van der Waals surface area contributed by atoms with Crippen LogP contribution in [-0.2, 0) is 14.3 Å². The van der Waals surface area contributed by atoms with Gasteiger partial charge in [-0.2, -0.15) is 10.2 Å². The van der Waals surface area contributed by atoms with Crippen LogP contribution in [0.2, 0.25) is 0 Å². The van der Waals surface area contributed by atoms with E-state index in [-0.39, 0.29) is 24.6 Å². The quantitative estimate of drug-likeness (QED) is 0.812. The number of H-pyrrole nitrogens is 1. The van der Waals surface area contributed by atoms with Crippen molar-refractivity contribution < 1.29 is 14.3 Å². The van der Waals surface area contributed by atoms with Crippen LogP contribution in [0.5, 0.6) is 0 Å². The van der Waals surface area contributed by atoms with Crippen molar-refractivity contribution in [3.63, 3.8) is 0 Å². The number of nitrogens with zero attached hydrogens (tertiary/aromatic N) is 3. The Bertz CT molecular complexity index is 742. The van der Waals surface area contributed by atoms with Crippen molar-refractivity contribution in [2.24, 2.45) is 5.10 Å². The molecule has 2 N–H and O–H groups in total. The molecule has 1 aromatic heterocycles. The molecule has 8 heteroatoms. The molecule has 0 saturated carbocycles. The molecule has 8 nitrogen and oxygen atoms in total. The van der Waals surface area contributed by atoms with Crippen LogP contribution in [0.1, 0.15) is 13.3 Å². The van der Waals surface area contributed by atoms with E-state index in [4.69, 9.17) is 4.74 Å². The SMILES string of the molecule is CCOC(=O)C1=NN(c2ccccc2)C(C(=O)Nc2ccn[nH]2)C1. The minimum absolute atomic E-state index is 0.174. The molecule has 1 amide bonds. The van der Waals surface area contributed by atoms with Gasteiger partial charge < -0.3 is 10.1 Å². The molecular weight excluding hydrogens is 310 g/mol. The topological polar surface area (TPSA) is 99.7 Å². The number of rotatable bonds is 5.